The van der Waals surface area contributed by atoms with Crippen molar-refractivity contribution in [1.82, 2.24) is 0 Å². The molecule has 0 bridgehead atoms. The predicted molar refractivity (Wildman–Crippen MR) is 128 cm³/mol. The van der Waals surface area contributed by atoms with Gasteiger partial charge in [-0.25, -0.2) is 0 Å². The lowest BCUT2D eigenvalue weighted by molar-refractivity contribution is 0.252. The molecule has 1 aliphatic rings. The molecule has 0 amide bonds. The first-order valence-corrected chi connectivity index (χ1v) is 12.0. The largest absolute Gasteiger partial charge is 0.494 e. The van der Waals surface area contributed by atoms with Gasteiger partial charge in [-0.05, 0) is 67.0 Å². The molecule has 2 heteroatoms. The maximum absolute atomic E-state index is 9.44. The average molecular weight is 414 g/mol. The smallest absolute Gasteiger partial charge is 0.120 e. The molecule has 0 aliphatic heterocycles. The van der Waals surface area contributed by atoms with Gasteiger partial charge < -0.3 is 4.74 Å². The van der Waals surface area contributed by atoms with Gasteiger partial charge >= 0.3 is 0 Å². The molecule has 0 saturated heterocycles. The number of aryl methyl sites for hydroxylation is 1. The molecular formula is C29H35NO. The summed E-state index contributed by atoms with van der Waals surface area (Å²) >= 11 is 0. The molecule has 2 nitrogen and oxygen atoms in total. The molecule has 2 aromatic carbocycles. The first-order valence-electron chi connectivity index (χ1n) is 12.0. The van der Waals surface area contributed by atoms with Crippen molar-refractivity contribution in [3.05, 3.63) is 64.7 Å². The molecular weight excluding hydrogens is 378 g/mol. The van der Waals surface area contributed by atoms with Crippen molar-refractivity contribution in [1.29, 1.82) is 5.26 Å². The summed E-state index contributed by atoms with van der Waals surface area (Å²) in [4.78, 5) is 0. The maximum atomic E-state index is 9.44. The number of nitriles is 1. The molecule has 1 saturated carbocycles. The topological polar surface area (TPSA) is 33.0 Å². The summed E-state index contributed by atoms with van der Waals surface area (Å²) < 4.78 is 5.61. The van der Waals surface area contributed by atoms with Crippen molar-refractivity contribution < 1.29 is 4.74 Å². The average Bonchev–Trinajstić information content (AvgIpc) is 2.82. The van der Waals surface area contributed by atoms with Crippen molar-refractivity contribution in [2.75, 3.05) is 6.61 Å². The van der Waals surface area contributed by atoms with Crippen LogP contribution in [-0.4, -0.2) is 6.61 Å². The molecule has 31 heavy (non-hydrogen) atoms. The van der Waals surface area contributed by atoms with Crippen molar-refractivity contribution in [3.63, 3.8) is 0 Å². The molecule has 0 radical (unpaired) electrons. The van der Waals surface area contributed by atoms with E-state index >= 15 is 0 Å². The Labute approximate surface area is 188 Å². The van der Waals surface area contributed by atoms with Crippen LogP contribution in [0.4, 0.5) is 0 Å². The van der Waals surface area contributed by atoms with Crippen LogP contribution in [0.1, 0.15) is 87.5 Å². The Bertz CT molecular complexity index is 918. The van der Waals surface area contributed by atoms with Crippen LogP contribution in [0.5, 0.6) is 5.75 Å². The Hall–Kier alpha value is -2.71. The fraction of sp³-hybridized carbons (Fsp3) is 0.483. The second-order valence-corrected chi connectivity index (χ2v) is 8.83. The minimum absolute atomic E-state index is 0.561. The molecule has 1 aliphatic carbocycles. The van der Waals surface area contributed by atoms with Gasteiger partial charge in [0.2, 0.25) is 0 Å². The highest BCUT2D eigenvalue weighted by molar-refractivity contribution is 5.53. The van der Waals surface area contributed by atoms with E-state index in [-0.39, 0.29) is 0 Å². The quantitative estimate of drug-likeness (QED) is 0.426. The summed E-state index contributed by atoms with van der Waals surface area (Å²) in [6, 6.07) is 16.4. The molecule has 162 valence electrons. The highest BCUT2D eigenvalue weighted by Crippen LogP contribution is 2.33. The van der Waals surface area contributed by atoms with E-state index in [1.807, 2.05) is 12.1 Å². The van der Waals surface area contributed by atoms with Crippen LogP contribution in [-0.2, 0) is 6.42 Å². The molecule has 0 spiro atoms. The van der Waals surface area contributed by atoms with E-state index in [2.05, 4.69) is 56.0 Å². The molecule has 0 aromatic heterocycles. The van der Waals surface area contributed by atoms with E-state index in [0.717, 1.165) is 41.6 Å². The van der Waals surface area contributed by atoms with Crippen LogP contribution >= 0.6 is 0 Å². The van der Waals surface area contributed by atoms with Gasteiger partial charge in [-0.15, -0.1) is 0 Å². The van der Waals surface area contributed by atoms with Crippen LogP contribution in [0.15, 0.2) is 42.5 Å². The van der Waals surface area contributed by atoms with E-state index in [1.54, 1.807) is 6.07 Å². The van der Waals surface area contributed by atoms with Gasteiger partial charge in [-0.2, -0.15) is 5.26 Å². The summed E-state index contributed by atoms with van der Waals surface area (Å²) in [6.45, 7) is 5.03. The van der Waals surface area contributed by atoms with Crippen molar-refractivity contribution in [2.45, 2.75) is 71.6 Å². The normalized spacial score (nSPS) is 18.0. The van der Waals surface area contributed by atoms with Crippen LogP contribution in [0.25, 0.3) is 0 Å². The monoisotopic (exact) mass is 413 g/mol. The van der Waals surface area contributed by atoms with E-state index in [4.69, 9.17) is 4.74 Å². The van der Waals surface area contributed by atoms with Gasteiger partial charge in [0.25, 0.3) is 0 Å². The molecule has 0 N–H and O–H groups in total. The molecule has 0 heterocycles. The first kappa shape index (κ1) is 23.0. The highest BCUT2D eigenvalue weighted by Gasteiger charge is 2.20. The van der Waals surface area contributed by atoms with E-state index in [9.17, 15) is 5.26 Å². The van der Waals surface area contributed by atoms with Crippen LogP contribution < -0.4 is 4.74 Å². The number of ether oxygens (including phenoxy) is 1. The summed E-state index contributed by atoms with van der Waals surface area (Å²) in [7, 11) is 0. The minimum atomic E-state index is 0.561. The predicted octanol–water partition coefficient (Wildman–Crippen LogP) is 7.29. The standard InChI is InChI=1S/C29H35NO/c1-3-5-23-6-8-24(9-7-23)10-11-25-12-14-26(15-13-25)16-17-27-18-19-29(31-20-4-2)21-28(27)22-30/h12-15,18-19,21,23-24H,3-11,20H2,1-2H3. The van der Waals surface area contributed by atoms with Crippen LogP contribution in [0.3, 0.4) is 0 Å². The highest BCUT2D eigenvalue weighted by atomic mass is 16.5. The molecule has 0 unspecified atom stereocenters. The second kappa shape index (κ2) is 12.2. The number of hydrogen-bond acceptors (Lipinski definition) is 2. The Balaban J connectivity index is 1.53. The third-order valence-corrected chi connectivity index (χ3v) is 6.38. The molecule has 0 atom stereocenters. The summed E-state index contributed by atoms with van der Waals surface area (Å²) in [6.07, 6.45) is 11.9. The van der Waals surface area contributed by atoms with Gasteiger partial charge in [-0.3, -0.25) is 0 Å². The third-order valence-electron chi connectivity index (χ3n) is 6.38. The molecule has 3 rings (SSSR count). The van der Waals surface area contributed by atoms with Crippen molar-refractivity contribution in [3.8, 4) is 23.7 Å². The maximum Gasteiger partial charge on any atom is 0.120 e. The summed E-state index contributed by atoms with van der Waals surface area (Å²) in [5.74, 6) is 8.98. The fourth-order valence-corrected chi connectivity index (χ4v) is 4.52. The zero-order valence-electron chi connectivity index (χ0n) is 19.1. The van der Waals surface area contributed by atoms with Crippen molar-refractivity contribution >= 4 is 0 Å². The third kappa shape index (κ3) is 7.18. The minimum Gasteiger partial charge on any atom is -0.494 e. The van der Waals surface area contributed by atoms with Gasteiger partial charge in [0.15, 0.2) is 0 Å². The Morgan fingerprint density at radius 1 is 0.839 bits per heavy atom. The lowest BCUT2D eigenvalue weighted by atomic mass is 9.78. The number of benzene rings is 2. The fourth-order valence-electron chi connectivity index (χ4n) is 4.52. The first-order chi connectivity index (χ1) is 15.2. The SMILES string of the molecule is CCCOc1ccc(C#Cc2ccc(CCC3CCC(CCC)CC3)cc2)c(C#N)c1. The Morgan fingerprint density at radius 3 is 2.19 bits per heavy atom. The van der Waals surface area contributed by atoms with Gasteiger partial charge in [0.1, 0.15) is 11.8 Å². The Kier molecular flexibility index (Phi) is 9.05. The van der Waals surface area contributed by atoms with E-state index in [0.29, 0.717) is 12.2 Å². The van der Waals surface area contributed by atoms with Crippen LogP contribution in [0, 0.1) is 35.0 Å². The lowest BCUT2D eigenvalue weighted by Crippen LogP contribution is -2.15. The molecule has 1 fully saturated rings. The zero-order chi connectivity index (χ0) is 21.9. The summed E-state index contributed by atoms with van der Waals surface area (Å²) in [5, 5.41) is 9.44. The number of rotatable bonds is 8. The number of hydrogen-bond donors (Lipinski definition) is 0. The van der Waals surface area contributed by atoms with Gasteiger partial charge in [0.05, 0.1) is 12.2 Å². The van der Waals surface area contributed by atoms with E-state index < -0.39 is 0 Å². The van der Waals surface area contributed by atoms with Gasteiger partial charge in [-0.1, -0.05) is 76.3 Å². The lowest BCUT2D eigenvalue weighted by Gasteiger charge is -2.28. The van der Waals surface area contributed by atoms with Crippen molar-refractivity contribution in [2.24, 2.45) is 11.8 Å². The van der Waals surface area contributed by atoms with Gasteiger partial charge in [0, 0.05) is 11.1 Å². The zero-order valence-corrected chi connectivity index (χ0v) is 19.1. The van der Waals surface area contributed by atoms with E-state index in [1.165, 1.54) is 50.5 Å². The second-order valence-electron chi connectivity index (χ2n) is 8.83. The molecule has 2 aromatic rings. The Morgan fingerprint density at radius 2 is 1.55 bits per heavy atom. The number of nitrogens with zero attached hydrogens (tertiary/aromatic N) is 1. The summed E-state index contributed by atoms with van der Waals surface area (Å²) in [5.41, 5.74) is 3.69. The van der Waals surface area contributed by atoms with Crippen LogP contribution in [0.2, 0.25) is 0 Å².